The van der Waals surface area contributed by atoms with Crippen LogP contribution in [0.5, 0.6) is 0 Å². The summed E-state index contributed by atoms with van der Waals surface area (Å²) in [6.45, 7) is 12.5. The highest BCUT2D eigenvalue weighted by atomic mass is 14.8. The quantitative estimate of drug-likeness (QED) is 0.817. The lowest BCUT2D eigenvalue weighted by Gasteiger charge is -2.34. The average Bonchev–Trinajstić information content (AvgIpc) is 2.15. The second kappa shape index (κ2) is 5.68. The largest absolute Gasteiger partial charge is 0.319 e. The molecule has 1 nitrogen and oxygen atoms in total. The van der Waals surface area contributed by atoms with E-state index in [9.17, 15) is 0 Å². The van der Waals surface area contributed by atoms with Crippen molar-refractivity contribution in [2.45, 2.75) is 41.0 Å². The Morgan fingerprint density at radius 1 is 1.12 bits per heavy atom. The Kier molecular flexibility index (Phi) is 4.76. The van der Waals surface area contributed by atoms with E-state index in [0.29, 0.717) is 11.3 Å². The molecular formula is C16H27N. The fourth-order valence-corrected chi connectivity index (χ4v) is 2.51. The molecule has 0 aliphatic rings. The summed E-state index contributed by atoms with van der Waals surface area (Å²) in [4.78, 5) is 0. The molecule has 0 aromatic heterocycles. The Balaban J connectivity index is 2.93. The van der Waals surface area contributed by atoms with Crippen LogP contribution in [-0.4, -0.2) is 13.6 Å². The van der Waals surface area contributed by atoms with Crippen LogP contribution in [0.15, 0.2) is 18.2 Å². The molecule has 1 N–H and O–H groups in total. The minimum absolute atomic E-state index is 0.328. The average molecular weight is 233 g/mol. The minimum atomic E-state index is 0.328. The Bertz CT molecular complexity index is 348. The van der Waals surface area contributed by atoms with Gasteiger partial charge in [0.1, 0.15) is 0 Å². The number of hydrogen-bond acceptors (Lipinski definition) is 1. The lowest BCUT2D eigenvalue weighted by Crippen LogP contribution is -2.36. The van der Waals surface area contributed by atoms with Crippen LogP contribution in [0.2, 0.25) is 0 Å². The molecule has 1 rings (SSSR count). The highest BCUT2D eigenvalue weighted by Gasteiger charge is 2.27. The maximum absolute atomic E-state index is 3.34. The normalized spacial score (nSPS) is 15.0. The molecule has 0 aliphatic heterocycles. The van der Waals surface area contributed by atoms with Gasteiger partial charge in [-0.3, -0.25) is 0 Å². The number of benzene rings is 1. The second-order valence-corrected chi connectivity index (χ2v) is 6.01. The van der Waals surface area contributed by atoms with Crippen LogP contribution in [0.1, 0.15) is 37.5 Å². The number of aryl methyl sites for hydroxylation is 2. The molecule has 0 radical (unpaired) electrons. The van der Waals surface area contributed by atoms with Gasteiger partial charge >= 0.3 is 0 Å². The zero-order valence-corrected chi connectivity index (χ0v) is 12.2. The molecule has 0 amide bonds. The van der Waals surface area contributed by atoms with E-state index < -0.39 is 0 Å². The van der Waals surface area contributed by atoms with Crippen LogP contribution >= 0.6 is 0 Å². The summed E-state index contributed by atoms with van der Waals surface area (Å²) in [6.07, 6.45) is 1.15. The molecule has 1 heteroatoms. The van der Waals surface area contributed by atoms with E-state index in [4.69, 9.17) is 0 Å². The first-order valence-electron chi connectivity index (χ1n) is 6.59. The van der Waals surface area contributed by atoms with Crippen molar-refractivity contribution >= 4 is 0 Å². The zero-order valence-electron chi connectivity index (χ0n) is 12.2. The molecule has 1 unspecified atom stereocenters. The van der Waals surface area contributed by atoms with E-state index in [-0.39, 0.29) is 0 Å². The van der Waals surface area contributed by atoms with Gasteiger partial charge in [0.15, 0.2) is 0 Å². The molecule has 0 saturated carbocycles. The van der Waals surface area contributed by atoms with Crippen molar-refractivity contribution in [3.63, 3.8) is 0 Å². The van der Waals surface area contributed by atoms with E-state index in [1.165, 1.54) is 16.7 Å². The van der Waals surface area contributed by atoms with Gasteiger partial charge in [-0.15, -0.1) is 0 Å². The maximum Gasteiger partial charge on any atom is 0.000780 e. The minimum Gasteiger partial charge on any atom is -0.319 e. The third-order valence-electron chi connectivity index (χ3n) is 3.86. The van der Waals surface area contributed by atoms with Gasteiger partial charge in [-0.2, -0.15) is 0 Å². The maximum atomic E-state index is 3.34. The second-order valence-electron chi connectivity index (χ2n) is 6.01. The number of nitrogens with one attached hydrogen (secondary N) is 1. The van der Waals surface area contributed by atoms with Gasteiger partial charge in [-0.05, 0) is 44.2 Å². The summed E-state index contributed by atoms with van der Waals surface area (Å²) in [7, 11) is 2.04. The first-order chi connectivity index (χ1) is 7.87. The summed E-state index contributed by atoms with van der Waals surface area (Å²) in [6, 6.07) is 6.89. The molecule has 0 spiro atoms. The summed E-state index contributed by atoms with van der Waals surface area (Å²) < 4.78 is 0. The number of rotatable bonds is 5. The SMILES string of the molecule is CNCC(C)(Cc1cc(C)cc(C)c1)C(C)C. The van der Waals surface area contributed by atoms with Crippen molar-refractivity contribution in [2.75, 3.05) is 13.6 Å². The van der Waals surface area contributed by atoms with E-state index >= 15 is 0 Å². The van der Waals surface area contributed by atoms with Gasteiger partial charge < -0.3 is 5.32 Å². The molecule has 0 aliphatic carbocycles. The van der Waals surface area contributed by atoms with Crippen LogP contribution in [0, 0.1) is 25.2 Å². The summed E-state index contributed by atoms with van der Waals surface area (Å²) in [5.74, 6) is 0.677. The van der Waals surface area contributed by atoms with Crippen LogP contribution in [-0.2, 0) is 6.42 Å². The molecule has 0 fully saturated rings. The van der Waals surface area contributed by atoms with Gasteiger partial charge in [-0.25, -0.2) is 0 Å². The fraction of sp³-hybridized carbons (Fsp3) is 0.625. The van der Waals surface area contributed by atoms with Crippen LogP contribution in [0.4, 0.5) is 0 Å². The zero-order chi connectivity index (χ0) is 13.1. The lowest BCUT2D eigenvalue weighted by molar-refractivity contribution is 0.212. The van der Waals surface area contributed by atoms with Crippen molar-refractivity contribution in [3.05, 3.63) is 34.9 Å². The van der Waals surface area contributed by atoms with Crippen molar-refractivity contribution in [1.29, 1.82) is 0 Å². The fourth-order valence-electron chi connectivity index (χ4n) is 2.51. The topological polar surface area (TPSA) is 12.0 Å². The summed E-state index contributed by atoms with van der Waals surface area (Å²) in [5, 5.41) is 3.34. The predicted octanol–water partition coefficient (Wildman–Crippen LogP) is 3.73. The molecule has 0 bridgehead atoms. The predicted molar refractivity (Wildman–Crippen MR) is 76.5 cm³/mol. The summed E-state index contributed by atoms with van der Waals surface area (Å²) in [5.41, 5.74) is 4.54. The van der Waals surface area contributed by atoms with Crippen molar-refractivity contribution < 1.29 is 0 Å². The van der Waals surface area contributed by atoms with Crippen LogP contribution in [0.3, 0.4) is 0 Å². The first-order valence-corrected chi connectivity index (χ1v) is 6.59. The van der Waals surface area contributed by atoms with E-state index in [2.05, 4.69) is 58.1 Å². The molecule has 96 valence electrons. The highest BCUT2D eigenvalue weighted by Crippen LogP contribution is 2.31. The van der Waals surface area contributed by atoms with Gasteiger partial charge in [0.05, 0.1) is 0 Å². The van der Waals surface area contributed by atoms with Gasteiger partial charge in [0, 0.05) is 6.54 Å². The third-order valence-corrected chi connectivity index (χ3v) is 3.86. The van der Waals surface area contributed by atoms with Crippen LogP contribution in [0.25, 0.3) is 0 Å². The van der Waals surface area contributed by atoms with Crippen LogP contribution < -0.4 is 5.32 Å². The molecule has 1 aromatic rings. The molecular weight excluding hydrogens is 206 g/mol. The standard InChI is InChI=1S/C16H27N/c1-12(2)16(5,11-17-6)10-15-8-13(3)7-14(4)9-15/h7-9,12,17H,10-11H2,1-6H3. The summed E-state index contributed by atoms with van der Waals surface area (Å²) >= 11 is 0. The van der Waals surface area contributed by atoms with E-state index in [1.807, 2.05) is 7.05 Å². The monoisotopic (exact) mass is 233 g/mol. The van der Waals surface area contributed by atoms with E-state index in [1.54, 1.807) is 0 Å². The van der Waals surface area contributed by atoms with E-state index in [0.717, 1.165) is 13.0 Å². The van der Waals surface area contributed by atoms with Crippen molar-refractivity contribution in [3.8, 4) is 0 Å². The third kappa shape index (κ3) is 3.85. The Labute approximate surface area is 107 Å². The van der Waals surface area contributed by atoms with Crippen molar-refractivity contribution in [2.24, 2.45) is 11.3 Å². The molecule has 17 heavy (non-hydrogen) atoms. The highest BCUT2D eigenvalue weighted by molar-refractivity contribution is 5.29. The van der Waals surface area contributed by atoms with Crippen molar-refractivity contribution in [1.82, 2.24) is 5.32 Å². The molecule has 0 heterocycles. The van der Waals surface area contributed by atoms with Gasteiger partial charge in [-0.1, -0.05) is 50.1 Å². The Morgan fingerprint density at radius 3 is 2.06 bits per heavy atom. The number of hydrogen-bond donors (Lipinski definition) is 1. The Morgan fingerprint density at radius 2 is 1.65 bits per heavy atom. The molecule has 1 aromatic carbocycles. The molecule has 1 atom stereocenters. The molecule has 0 saturated heterocycles. The van der Waals surface area contributed by atoms with Gasteiger partial charge in [0.2, 0.25) is 0 Å². The first kappa shape index (κ1) is 14.2. The Hall–Kier alpha value is -0.820. The smallest absolute Gasteiger partial charge is 0.000780 e. The van der Waals surface area contributed by atoms with Gasteiger partial charge in [0.25, 0.3) is 0 Å². The lowest BCUT2D eigenvalue weighted by atomic mass is 9.74.